The van der Waals surface area contributed by atoms with E-state index < -0.39 is 5.97 Å². The molecule has 0 radical (unpaired) electrons. The van der Waals surface area contributed by atoms with E-state index in [2.05, 4.69) is 38.0 Å². The summed E-state index contributed by atoms with van der Waals surface area (Å²) in [4.78, 5) is 10.9. The van der Waals surface area contributed by atoms with Crippen molar-refractivity contribution in [2.45, 2.75) is 34.2 Å². The molecule has 0 amide bonds. The van der Waals surface area contributed by atoms with Crippen LogP contribution in [0.4, 0.5) is 0 Å². The molecule has 1 heterocycles. The largest absolute Gasteiger partial charge is 0.478 e. The van der Waals surface area contributed by atoms with E-state index >= 15 is 0 Å². The second kappa shape index (κ2) is 4.64. The maximum Gasteiger partial charge on any atom is 0.335 e. The third-order valence-electron chi connectivity index (χ3n) is 3.69. The number of nitrogens with zero attached hydrogens (tertiary/aromatic N) is 3. The number of carbonyl (C=O) groups is 1. The Hall–Kier alpha value is -1.91. The summed E-state index contributed by atoms with van der Waals surface area (Å²) in [5.74, 6) is -0.504. The maximum atomic E-state index is 10.9. The number of fused-ring (bicyclic) bond motifs is 1. The molecule has 0 bridgehead atoms. The molecule has 102 valence electrons. The Morgan fingerprint density at radius 2 is 2.11 bits per heavy atom. The molecule has 5 heteroatoms. The number of rotatable bonds is 3. The summed E-state index contributed by atoms with van der Waals surface area (Å²) < 4.78 is 1.84. The van der Waals surface area contributed by atoms with Crippen LogP contribution in [-0.4, -0.2) is 26.1 Å². The first-order chi connectivity index (χ1) is 8.79. The van der Waals surface area contributed by atoms with Gasteiger partial charge in [-0.2, -0.15) is 0 Å². The van der Waals surface area contributed by atoms with Gasteiger partial charge >= 0.3 is 5.97 Å². The zero-order valence-electron chi connectivity index (χ0n) is 11.7. The van der Waals surface area contributed by atoms with E-state index in [-0.39, 0.29) is 11.0 Å². The second-order valence-corrected chi connectivity index (χ2v) is 6.05. The van der Waals surface area contributed by atoms with Crippen molar-refractivity contribution >= 4 is 17.0 Å². The molecular formula is C14H19N3O2. The van der Waals surface area contributed by atoms with Gasteiger partial charge < -0.3 is 5.11 Å². The van der Waals surface area contributed by atoms with Crippen molar-refractivity contribution in [3.8, 4) is 0 Å². The maximum absolute atomic E-state index is 10.9. The molecule has 19 heavy (non-hydrogen) atoms. The second-order valence-electron chi connectivity index (χ2n) is 6.05. The monoisotopic (exact) mass is 261 g/mol. The van der Waals surface area contributed by atoms with Gasteiger partial charge in [-0.1, -0.05) is 32.9 Å². The van der Waals surface area contributed by atoms with Crippen molar-refractivity contribution in [1.82, 2.24) is 15.0 Å². The standard InChI is InChI=1S/C14H19N3O2/c1-9(14(2,3)4)8-17-12-6-5-10(13(18)19)7-11(12)15-16-17/h5-7,9H,8H2,1-4H3,(H,18,19). The van der Waals surface area contributed by atoms with Crippen LogP contribution in [0.1, 0.15) is 38.1 Å². The van der Waals surface area contributed by atoms with Crippen LogP contribution < -0.4 is 0 Å². The average Bonchev–Trinajstić information content (AvgIpc) is 2.70. The lowest BCUT2D eigenvalue weighted by atomic mass is 9.82. The summed E-state index contributed by atoms with van der Waals surface area (Å²) in [5.41, 5.74) is 1.93. The Kier molecular flexibility index (Phi) is 3.30. The van der Waals surface area contributed by atoms with Crippen molar-refractivity contribution in [2.24, 2.45) is 11.3 Å². The van der Waals surface area contributed by atoms with Gasteiger partial charge in [0.15, 0.2) is 0 Å². The highest BCUT2D eigenvalue weighted by Crippen LogP contribution is 2.27. The lowest BCUT2D eigenvalue weighted by Gasteiger charge is -2.27. The molecule has 0 aliphatic carbocycles. The van der Waals surface area contributed by atoms with Gasteiger partial charge in [0.05, 0.1) is 11.1 Å². The molecule has 1 aromatic heterocycles. The quantitative estimate of drug-likeness (QED) is 0.922. The molecular weight excluding hydrogens is 242 g/mol. The molecule has 2 aromatic rings. The zero-order valence-corrected chi connectivity index (χ0v) is 11.7. The fourth-order valence-electron chi connectivity index (χ4n) is 1.77. The lowest BCUT2D eigenvalue weighted by molar-refractivity contribution is 0.0697. The number of benzene rings is 1. The molecule has 0 fully saturated rings. The number of hydrogen-bond donors (Lipinski definition) is 1. The molecule has 1 N–H and O–H groups in total. The number of carboxylic acids is 1. The van der Waals surface area contributed by atoms with E-state index in [4.69, 9.17) is 5.11 Å². The van der Waals surface area contributed by atoms with E-state index in [0.29, 0.717) is 11.4 Å². The van der Waals surface area contributed by atoms with Gasteiger partial charge in [0, 0.05) is 6.54 Å². The van der Waals surface area contributed by atoms with E-state index in [0.717, 1.165) is 12.1 Å². The van der Waals surface area contributed by atoms with E-state index in [1.54, 1.807) is 18.2 Å². The van der Waals surface area contributed by atoms with Crippen LogP contribution in [0.2, 0.25) is 0 Å². The minimum atomic E-state index is -0.945. The number of carboxylic acid groups (broad SMARTS) is 1. The summed E-state index contributed by atoms with van der Waals surface area (Å²) in [5, 5.41) is 17.1. The van der Waals surface area contributed by atoms with Crippen molar-refractivity contribution in [2.75, 3.05) is 0 Å². The summed E-state index contributed by atoms with van der Waals surface area (Å²) in [6.45, 7) is 9.53. The van der Waals surface area contributed by atoms with Gasteiger partial charge in [0.1, 0.15) is 5.52 Å². The van der Waals surface area contributed by atoms with Gasteiger partial charge in [-0.05, 0) is 29.5 Å². The van der Waals surface area contributed by atoms with Crippen LogP contribution in [0.3, 0.4) is 0 Å². The van der Waals surface area contributed by atoms with Gasteiger partial charge in [0.25, 0.3) is 0 Å². The van der Waals surface area contributed by atoms with E-state index in [1.807, 2.05) is 4.68 Å². The lowest BCUT2D eigenvalue weighted by Crippen LogP contribution is -2.22. The molecule has 1 aromatic carbocycles. The molecule has 2 rings (SSSR count). The average molecular weight is 261 g/mol. The molecule has 0 aliphatic rings. The van der Waals surface area contributed by atoms with Crippen molar-refractivity contribution < 1.29 is 9.90 Å². The summed E-state index contributed by atoms with van der Waals surface area (Å²) in [7, 11) is 0. The van der Waals surface area contributed by atoms with Crippen molar-refractivity contribution in [1.29, 1.82) is 0 Å². The minimum absolute atomic E-state index is 0.194. The van der Waals surface area contributed by atoms with Gasteiger partial charge in [-0.3, -0.25) is 0 Å². The molecule has 1 atom stereocenters. The van der Waals surface area contributed by atoms with E-state index in [1.165, 1.54) is 0 Å². The minimum Gasteiger partial charge on any atom is -0.478 e. The highest BCUT2D eigenvalue weighted by molar-refractivity contribution is 5.92. The molecule has 1 unspecified atom stereocenters. The molecule has 0 aliphatic heterocycles. The Morgan fingerprint density at radius 1 is 1.42 bits per heavy atom. The predicted molar refractivity (Wildman–Crippen MR) is 73.1 cm³/mol. The highest BCUT2D eigenvalue weighted by Gasteiger charge is 2.21. The molecule has 0 spiro atoms. The summed E-state index contributed by atoms with van der Waals surface area (Å²) >= 11 is 0. The van der Waals surface area contributed by atoms with Crippen LogP contribution in [0.25, 0.3) is 11.0 Å². The predicted octanol–water partition coefficient (Wildman–Crippen LogP) is 2.81. The van der Waals surface area contributed by atoms with Gasteiger partial charge in [-0.25, -0.2) is 9.48 Å². The van der Waals surface area contributed by atoms with Crippen LogP contribution >= 0.6 is 0 Å². The van der Waals surface area contributed by atoms with Crippen LogP contribution in [0, 0.1) is 11.3 Å². The molecule has 0 saturated carbocycles. The fourth-order valence-corrected chi connectivity index (χ4v) is 1.77. The summed E-state index contributed by atoms with van der Waals surface area (Å²) in [6.07, 6.45) is 0. The topological polar surface area (TPSA) is 68.0 Å². The molecule has 5 nitrogen and oxygen atoms in total. The van der Waals surface area contributed by atoms with Crippen molar-refractivity contribution in [3.05, 3.63) is 23.8 Å². The smallest absolute Gasteiger partial charge is 0.335 e. The Labute approximate surface area is 112 Å². The third kappa shape index (κ3) is 2.75. The first kappa shape index (κ1) is 13.5. The fraction of sp³-hybridized carbons (Fsp3) is 0.500. The van der Waals surface area contributed by atoms with Crippen LogP contribution in [0.5, 0.6) is 0 Å². The Balaban J connectivity index is 2.34. The first-order valence-electron chi connectivity index (χ1n) is 6.35. The van der Waals surface area contributed by atoms with Crippen molar-refractivity contribution in [3.63, 3.8) is 0 Å². The molecule has 0 saturated heterocycles. The van der Waals surface area contributed by atoms with E-state index in [9.17, 15) is 4.79 Å². The summed E-state index contributed by atoms with van der Waals surface area (Å²) in [6, 6.07) is 4.92. The number of aromatic carboxylic acids is 1. The third-order valence-corrected chi connectivity index (χ3v) is 3.69. The van der Waals surface area contributed by atoms with Gasteiger partial charge in [-0.15, -0.1) is 5.10 Å². The number of hydrogen-bond acceptors (Lipinski definition) is 3. The normalized spacial score (nSPS) is 13.7. The van der Waals surface area contributed by atoms with Crippen LogP contribution in [-0.2, 0) is 6.54 Å². The number of aromatic nitrogens is 3. The Bertz CT molecular complexity index is 611. The zero-order chi connectivity index (χ0) is 14.2. The SMILES string of the molecule is CC(Cn1nnc2cc(C(=O)O)ccc21)C(C)(C)C. The Morgan fingerprint density at radius 3 is 2.68 bits per heavy atom. The highest BCUT2D eigenvalue weighted by atomic mass is 16.4. The van der Waals surface area contributed by atoms with Gasteiger partial charge in [0.2, 0.25) is 0 Å². The first-order valence-corrected chi connectivity index (χ1v) is 6.35. The van der Waals surface area contributed by atoms with Crippen LogP contribution in [0.15, 0.2) is 18.2 Å².